The Morgan fingerprint density at radius 2 is 1.87 bits per heavy atom. The van der Waals surface area contributed by atoms with Crippen molar-refractivity contribution in [3.8, 4) is 0 Å². The van der Waals surface area contributed by atoms with E-state index in [-0.39, 0.29) is 5.91 Å². The maximum absolute atomic E-state index is 12.7. The highest BCUT2D eigenvalue weighted by Crippen LogP contribution is 2.40. The summed E-state index contributed by atoms with van der Waals surface area (Å²) < 4.78 is 5.32. The number of hydrogen-bond acceptors (Lipinski definition) is 3. The van der Waals surface area contributed by atoms with E-state index < -0.39 is 0 Å². The monoisotopic (exact) mass is 310 g/mol. The third kappa shape index (κ3) is 3.16. The molecule has 4 rings (SSSR count). The van der Waals surface area contributed by atoms with Crippen LogP contribution in [0.15, 0.2) is 40.9 Å². The first-order valence-electron chi connectivity index (χ1n) is 8.62. The lowest BCUT2D eigenvalue weighted by atomic mass is 9.92. The second kappa shape index (κ2) is 6.19. The molecular formula is C19H22N2O2. The Balaban J connectivity index is 1.42. The van der Waals surface area contributed by atoms with Crippen LogP contribution >= 0.6 is 0 Å². The van der Waals surface area contributed by atoms with Crippen molar-refractivity contribution in [1.82, 2.24) is 10.1 Å². The molecule has 0 radical (unpaired) electrons. The minimum atomic E-state index is 0.0226. The van der Waals surface area contributed by atoms with Gasteiger partial charge in [0, 0.05) is 25.1 Å². The molecule has 1 aliphatic heterocycles. The van der Waals surface area contributed by atoms with E-state index in [1.807, 2.05) is 11.0 Å². The van der Waals surface area contributed by atoms with Gasteiger partial charge in [-0.05, 0) is 43.6 Å². The molecule has 1 saturated heterocycles. The van der Waals surface area contributed by atoms with Gasteiger partial charge in [-0.25, -0.2) is 0 Å². The van der Waals surface area contributed by atoms with Gasteiger partial charge in [-0.15, -0.1) is 0 Å². The van der Waals surface area contributed by atoms with Crippen LogP contribution in [0.25, 0.3) is 0 Å². The van der Waals surface area contributed by atoms with E-state index in [2.05, 4.69) is 35.5 Å². The third-order valence-electron chi connectivity index (χ3n) is 5.01. The van der Waals surface area contributed by atoms with Gasteiger partial charge in [-0.2, -0.15) is 0 Å². The van der Waals surface area contributed by atoms with Crippen LogP contribution in [0.3, 0.4) is 0 Å². The van der Waals surface area contributed by atoms with Crippen molar-refractivity contribution in [3.05, 3.63) is 53.4 Å². The molecule has 1 atom stereocenters. The van der Waals surface area contributed by atoms with Gasteiger partial charge in [0.1, 0.15) is 5.76 Å². The zero-order valence-electron chi connectivity index (χ0n) is 13.3. The number of carbonyl (C=O) groups excluding carboxylic acids is 1. The van der Waals surface area contributed by atoms with Crippen LogP contribution in [0.2, 0.25) is 0 Å². The third-order valence-corrected chi connectivity index (χ3v) is 5.01. The summed E-state index contributed by atoms with van der Waals surface area (Å²) in [6.07, 6.45) is 5.51. The minimum Gasteiger partial charge on any atom is -0.360 e. The molecule has 23 heavy (non-hydrogen) atoms. The molecule has 1 aromatic heterocycles. The van der Waals surface area contributed by atoms with Crippen molar-refractivity contribution in [2.45, 2.75) is 43.9 Å². The Kier molecular flexibility index (Phi) is 3.90. The van der Waals surface area contributed by atoms with E-state index in [0.29, 0.717) is 17.5 Å². The number of hydrogen-bond donors (Lipinski definition) is 0. The second-order valence-electron chi connectivity index (χ2n) is 6.72. The fourth-order valence-electron chi connectivity index (χ4n) is 3.47. The molecular weight excluding hydrogens is 288 g/mol. The molecule has 1 saturated carbocycles. The lowest BCUT2D eigenvalue weighted by Gasteiger charge is -2.19. The van der Waals surface area contributed by atoms with Gasteiger partial charge in [0.2, 0.25) is 0 Å². The van der Waals surface area contributed by atoms with E-state index in [9.17, 15) is 4.79 Å². The first-order chi connectivity index (χ1) is 11.3. The molecule has 1 aliphatic carbocycles. The normalized spacial score (nSPS) is 21.9. The molecule has 2 fully saturated rings. The van der Waals surface area contributed by atoms with E-state index in [4.69, 9.17) is 4.52 Å². The molecule has 120 valence electrons. The molecule has 0 N–H and O–H groups in total. The highest BCUT2D eigenvalue weighted by molar-refractivity contribution is 5.92. The van der Waals surface area contributed by atoms with Crippen molar-refractivity contribution in [2.24, 2.45) is 0 Å². The summed E-state index contributed by atoms with van der Waals surface area (Å²) >= 11 is 0. The summed E-state index contributed by atoms with van der Waals surface area (Å²) in [7, 11) is 0. The second-order valence-corrected chi connectivity index (χ2v) is 6.72. The van der Waals surface area contributed by atoms with Crippen molar-refractivity contribution in [3.63, 3.8) is 0 Å². The van der Waals surface area contributed by atoms with Gasteiger partial charge in [0.05, 0.1) is 0 Å². The quantitative estimate of drug-likeness (QED) is 0.862. The molecule has 4 heteroatoms. The summed E-state index contributed by atoms with van der Waals surface area (Å²) in [5.41, 5.74) is 1.87. The maximum Gasteiger partial charge on any atom is 0.276 e. The van der Waals surface area contributed by atoms with Gasteiger partial charge in [-0.3, -0.25) is 4.79 Å². The number of rotatable bonds is 3. The zero-order valence-corrected chi connectivity index (χ0v) is 13.3. The number of benzene rings is 1. The Bertz CT molecular complexity index is 676. The molecule has 1 amide bonds. The van der Waals surface area contributed by atoms with Crippen molar-refractivity contribution in [2.75, 3.05) is 13.1 Å². The Morgan fingerprint density at radius 3 is 2.65 bits per heavy atom. The van der Waals surface area contributed by atoms with E-state index in [0.717, 1.165) is 51.0 Å². The predicted molar refractivity (Wildman–Crippen MR) is 87.4 cm³/mol. The van der Waals surface area contributed by atoms with Crippen LogP contribution in [0.4, 0.5) is 0 Å². The average Bonchev–Trinajstić information content (AvgIpc) is 3.37. The lowest BCUT2D eigenvalue weighted by molar-refractivity contribution is 0.0750. The molecule has 2 aromatic rings. The van der Waals surface area contributed by atoms with Gasteiger partial charge in [0.15, 0.2) is 5.69 Å². The van der Waals surface area contributed by atoms with E-state index in [1.54, 1.807) is 0 Å². The Hall–Kier alpha value is -2.10. The molecule has 4 nitrogen and oxygen atoms in total. The Labute approximate surface area is 136 Å². The van der Waals surface area contributed by atoms with E-state index >= 15 is 0 Å². The van der Waals surface area contributed by atoms with Crippen molar-refractivity contribution in [1.29, 1.82) is 0 Å². The SMILES string of the molecule is O=C(c1cc(C2CC2)on1)N1CCC[C@@H](c2ccccc2)CC1. The smallest absolute Gasteiger partial charge is 0.276 e. The van der Waals surface area contributed by atoms with Crippen LogP contribution in [0.5, 0.6) is 0 Å². The van der Waals surface area contributed by atoms with Gasteiger partial charge in [-0.1, -0.05) is 35.5 Å². The highest BCUT2D eigenvalue weighted by atomic mass is 16.5. The van der Waals surface area contributed by atoms with Crippen molar-refractivity contribution >= 4 is 5.91 Å². The van der Waals surface area contributed by atoms with Gasteiger partial charge < -0.3 is 9.42 Å². The Morgan fingerprint density at radius 1 is 1.04 bits per heavy atom. The molecule has 2 aliphatic rings. The summed E-state index contributed by atoms with van der Waals surface area (Å²) in [4.78, 5) is 14.6. The predicted octanol–water partition coefficient (Wildman–Crippen LogP) is 3.96. The fourth-order valence-corrected chi connectivity index (χ4v) is 3.47. The van der Waals surface area contributed by atoms with Crippen LogP contribution in [-0.4, -0.2) is 29.1 Å². The largest absolute Gasteiger partial charge is 0.360 e. The summed E-state index contributed by atoms with van der Waals surface area (Å²) in [5, 5.41) is 3.99. The summed E-state index contributed by atoms with van der Waals surface area (Å²) in [6, 6.07) is 12.5. The summed E-state index contributed by atoms with van der Waals surface area (Å²) in [6.45, 7) is 1.61. The number of likely N-dealkylation sites (tertiary alicyclic amines) is 1. The van der Waals surface area contributed by atoms with Gasteiger partial charge >= 0.3 is 0 Å². The number of aromatic nitrogens is 1. The first-order valence-corrected chi connectivity index (χ1v) is 8.62. The topological polar surface area (TPSA) is 46.3 Å². The van der Waals surface area contributed by atoms with E-state index in [1.165, 1.54) is 5.56 Å². The van der Waals surface area contributed by atoms with Crippen molar-refractivity contribution < 1.29 is 9.32 Å². The van der Waals surface area contributed by atoms with Crippen LogP contribution in [0, 0.1) is 0 Å². The average molecular weight is 310 g/mol. The van der Waals surface area contributed by atoms with Crippen LogP contribution in [-0.2, 0) is 0 Å². The molecule has 0 bridgehead atoms. The lowest BCUT2D eigenvalue weighted by Crippen LogP contribution is -2.32. The zero-order chi connectivity index (χ0) is 15.6. The maximum atomic E-state index is 12.7. The van der Waals surface area contributed by atoms with Gasteiger partial charge in [0.25, 0.3) is 5.91 Å². The van der Waals surface area contributed by atoms with Crippen LogP contribution < -0.4 is 0 Å². The number of amides is 1. The highest BCUT2D eigenvalue weighted by Gasteiger charge is 2.30. The summed E-state index contributed by atoms with van der Waals surface area (Å²) in [5.74, 6) is 1.95. The molecule has 0 spiro atoms. The number of nitrogens with zero attached hydrogens (tertiary/aromatic N) is 2. The first kappa shape index (κ1) is 14.5. The minimum absolute atomic E-state index is 0.0226. The molecule has 2 heterocycles. The standard InChI is InChI=1S/C19H22N2O2/c22-19(17-13-18(23-20-17)16-8-9-16)21-11-4-7-15(10-12-21)14-5-2-1-3-6-14/h1-3,5-6,13,15-16H,4,7-12H2/t15-/m1/s1. The molecule has 0 unspecified atom stereocenters. The number of carbonyl (C=O) groups is 1. The van der Waals surface area contributed by atoms with Crippen LogP contribution in [0.1, 0.15) is 65.8 Å². The fraction of sp³-hybridized carbons (Fsp3) is 0.474. The molecule has 1 aromatic carbocycles.